The van der Waals surface area contributed by atoms with Gasteiger partial charge in [0.15, 0.2) is 0 Å². The van der Waals surface area contributed by atoms with E-state index in [1.807, 2.05) is 39.8 Å². The van der Waals surface area contributed by atoms with Crippen molar-refractivity contribution in [3.05, 3.63) is 164 Å². The van der Waals surface area contributed by atoms with Crippen molar-refractivity contribution in [2.24, 2.45) is 0 Å². The van der Waals surface area contributed by atoms with Crippen molar-refractivity contribution in [2.45, 2.75) is 27.7 Å². The first kappa shape index (κ1) is 26.6. The molecular weight excluding hydrogens is 488 g/mol. The van der Waals surface area contributed by atoms with Crippen LogP contribution in [0.1, 0.15) is 61.6 Å². The van der Waals surface area contributed by atoms with Crippen molar-refractivity contribution in [3.8, 4) is 0 Å². The highest BCUT2D eigenvalue weighted by molar-refractivity contribution is 5.79. The van der Waals surface area contributed by atoms with E-state index in [-0.39, 0.29) is 0 Å². The van der Waals surface area contributed by atoms with Crippen LogP contribution in [0, 0.1) is 0 Å². The van der Waals surface area contributed by atoms with Crippen LogP contribution in [-0.2, 0) is 0 Å². The zero-order valence-electron chi connectivity index (χ0n) is 23.5. The van der Waals surface area contributed by atoms with Crippen LogP contribution in [0.5, 0.6) is 0 Å². The van der Waals surface area contributed by atoms with Crippen LogP contribution in [0.2, 0.25) is 0 Å². The Morgan fingerprint density at radius 2 is 0.775 bits per heavy atom. The third-order valence-electron chi connectivity index (χ3n) is 6.66. The molecule has 4 heteroatoms. The Bertz CT molecular complexity index is 1780. The molecular formula is C36H36N4. The summed E-state index contributed by atoms with van der Waals surface area (Å²) in [5.41, 5.74) is 8.82. The van der Waals surface area contributed by atoms with Gasteiger partial charge in [0.05, 0.1) is 0 Å². The van der Waals surface area contributed by atoms with Gasteiger partial charge in [-0.15, -0.1) is 0 Å². The average molecular weight is 525 g/mol. The van der Waals surface area contributed by atoms with Gasteiger partial charge in [-0.3, -0.25) is 0 Å². The minimum atomic E-state index is 1.04. The molecule has 8 bridgehead atoms. The second-order valence-electron chi connectivity index (χ2n) is 9.08. The minimum absolute atomic E-state index is 1.04. The molecule has 0 saturated carbocycles. The van der Waals surface area contributed by atoms with Crippen LogP contribution in [0.25, 0.3) is 23.3 Å². The summed E-state index contributed by atoms with van der Waals surface area (Å²) in [7, 11) is 0. The molecule has 7 rings (SSSR count). The molecule has 2 aromatic carbocycles. The van der Waals surface area contributed by atoms with E-state index in [4.69, 9.17) is 0 Å². The standard InChI is InChI=1S/C32H24N4.2C2H6/c1-3-7-21(8-4-1)31-27-15-11-23(33-27)19-25-13-17-29(35-25)32(22-9-5-2-6-10-22)30-18-14-26(36-30)20-24-12-16-28(31)34-24;2*1-2/h1-20,33-36H;2*1-2H3. The van der Waals surface area contributed by atoms with Crippen molar-refractivity contribution >= 4 is 23.3 Å². The zero-order valence-corrected chi connectivity index (χ0v) is 23.5. The third kappa shape index (κ3) is 5.43. The lowest BCUT2D eigenvalue weighted by Crippen LogP contribution is -2.15. The normalized spacial score (nSPS) is 11.8. The van der Waals surface area contributed by atoms with Crippen molar-refractivity contribution in [1.29, 1.82) is 0 Å². The molecule has 40 heavy (non-hydrogen) atoms. The van der Waals surface area contributed by atoms with Crippen LogP contribution in [-0.4, -0.2) is 19.9 Å². The molecule has 0 unspecified atom stereocenters. The SMILES string of the molecule is C1=c2ccc([nH]2)=C(c2ccccc2)c2ccc([nH]2)C=c2ccc([nH]2)=C(c2ccccc2)c2ccc1[nH]2.CC.CC. The van der Waals surface area contributed by atoms with Crippen LogP contribution < -0.4 is 21.4 Å². The smallest absolute Gasteiger partial charge is 0.0485 e. The molecule has 0 spiro atoms. The fraction of sp³-hybridized carbons (Fsp3) is 0.111. The fourth-order valence-corrected chi connectivity index (χ4v) is 5.02. The summed E-state index contributed by atoms with van der Waals surface area (Å²) in [5.74, 6) is 0. The van der Waals surface area contributed by atoms with Gasteiger partial charge >= 0.3 is 0 Å². The average Bonchev–Trinajstić information content (AvgIpc) is 3.83. The van der Waals surface area contributed by atoms with Gasteiger partial charge in [0.1, 0.15) is 0 Å². The minimum Gasteiger partial charge on any atom is -0.355 e. The number of hydrogen-bond acceptors (Lipinski definition) is 0. The number of benzene rings is 2. The van der Waals surface area contributed by atoms with Gasteiger partial charge in [0.2, 0.25) is 0 Å². The fourth-order valence-electron chi connectivity index (χ4n) is 5.02. The van der Waals surface area contributed by atoms with Crippen molar-refractivity contribution in [3.63, 3.8) is 0 Å². The van der Waals surface area contributed by atoms with Gasteiger partial charge in [-0.25, -0.2) is 0 Å². The van der Waals surface area contributed by atoms with E-state index in [0.717, 1.165) is 66.4 Å². The predicted molar refractivity (Wildman–Crippen MR) is 168 cm³/mol. The molecule has 0 saturated heterocycles. The lowest BCUT2D eigenvalue weighted by molar-refractivity contribution is 1.21. The Morgan fingerprint density at radius 3 is 1.18 bits per heavy atom. The van der Waals surface area contributed by atoms with Gasteiger partial charge in [-0.05, 0) is 71.8 Å². The molecule has 0 fully saturated rings. The molecule has 0 amide bonds. The molecule has 1 aliphatic rings. The molecule has 0 aliphatic carbocycles. The largest absolute Gasteiger partial charge is 0.355 e. The second kappa shape index (κ2) is 12.3. The molecule has 200 valence electrons. The number of nitrogens with one attached hydrogen (secondary N) is 4. The Morgan fingerprint density at radius 1 is 0.375 bits per heavy atom. The number of fused-ring (bicyclic) bond motifs is 8. The predicted octanol–water partition coefficient (Wildman–Crippen LogP) is 5.52. The maximum atomic E-state index is 3.63. The lowest BCUT2D eigenvalue weighted by Gasteiger charge is -2.06. The van der Waals surface area contributed by atoms with E-state index in [1.165, 1.54) is 0 Å². The quantitative estimate of drug-likeness (QED) is 0.230. The van der Waals surface area contributed by atoms with E-state index in [2.05, 4.69) is 129 Å². The van der Waals surface area contributed by atoms with Gasteiger partial charge in [0.25, 0.3) is 0 Å². The highest BCUT2D eigenvalue weighted by Gasteiger charge is 2.11. The van der Waals surface area contributed by atoms with Crippen molar-refractivity contribution in [2.75, 3.05) is 0 Å². The molecule has 5 heterocycles. The van der Waals surface area contributed by atoms with Gasteiger partial charge in [-0.1, -0.05) is 88.4 Å². The highest BCUT2D eigenvalue weighted by atomic mass is 14.8. The molecule has 4 nitrogen and oxygen atoms in total. The van der Waals surface area contributed by atoms with E-state index < -0.39 is 0 Å². The molecule has 0 radical (unpaired) electrons. The van der Waals surface area contributed by atoms with Crippen molar-refractivity contribution < 1.29 is 0 Å². The van der Waals surface area contributed by atoms with Gasteiger partial charge < -0.3 is 19.9 Å². The summed E-state index contributed by atoms with van der Waals surface area (Å²) in [5, 5.41) is 4.22. The van der Waals surface area contributed by atoms with Gasteiger partial charge in [-0.2, -0.15) is 0 Å². The monoisotopic (exact) mass is 524 g/mol. The molecule has 1 aliphatic heterocycles. The van der Waals surface area contributed by atoms with E-state index in [9.17, 15) is 0 Å². The Labute approximate surface area is 235 Å². The first-order valence-corrected chi connectivity index (χ1v) is 14.1. The molecule has 6 aromatic rings. The van der Waals surface area contributed by atoms with Crippen LogP contribution in [0.15, 0.2) is 109 Å². The number of hydrogen-bond donors (Lipinski definition) is 4. The third-order valence-corrected chi connectivity index (χ3v) is 6.66. The van der Waals surface area contributed by atoms with E-state index in [1.54, 1.807) is 0 Å². The maximum Gasteiger partial charge on any atom is 0.0485 e. The number of aromatic nitrogens is 4. The maximum absolute atomic E-state index is 3.63. The summed E-state index contributed by atoms with van der Waals surface area (Å²) in [6.45, 7) is 8.00. The van der Waals surface area contributed by atoms with Crippen molar-refractivity contribution in [1.82, 2.24) is 19.9 Å². The Kier molecular flexibility index (Phi) is 8.17. The number of rotatable bonds is 2. The molecule has 0 atom stereocenters. The van der Waals surface area contributed by atoms with E-state index in [0.29, 0.717) is 0 Å². The Hall–Kier alpha value is -4.96. The van der Waals surface area contributed by atoms with Crippen LogP contribution in [0.3, 0.4) is 0 Å². The van der Waals surface area contributed by atoms with Crippen LogP contribution in [0.4, 0.5) is 0 Å². The summed E-state index contributed by atoms with van der Waals surface area (Å²) >= 11 is 0. The van der Waals surface area contributed by atoms with E-state index >= 15 is 0 Å². The number of aromatic amines is 4. The first-order chi connectivity index (χ1) is 19.8. The summed E-state index contributed by atoms with van der Waals surface area (Å²) in [6, 6.07) is 38.1. The summed E-state index contributed by atoms with van der Waals surface area (Å²) in [6.07, 6.45) is 4.30. The zero-order chi connectivity index (χ0) is 27.9. The second-order valence-corrected chi connectivity index (χ2v) is 9.08. The lowest BCUT2D eigenvalue weighted by atomic mass is 10.0. The molecule has 4 aromatic heterocycles. The van der Waals surface area contributed by atoms with Crippen LogP contribution >= 0.6 is 0 Å². The Balaban J connectivity index is 0.000000774. The topological polar surface area (TPSA) is 63.2 Å². The first-order valence-electron chi connectivity index (χ1n) is 14.1. The summed E-state index contributed by atoms with van der Waals surface area (Å²) in [4.78, 5) is 14.5. The highest BCUT2D eigenvalue weighted by Crippen LogP contribution is 2.21. The van der Waals surface area contributed by atoms with Gasteiger partial charge in [0, 0.05) is 55.3 Å². The number of H-pyrrole nitrogens is 4. The summed E-state index contributed by atoms with van der Waals surface area (Å²) < 4.78 is 0. The molecule has 4 N–H and O–H groups in total.